The summed E-state index contributed by atoms with van der Waals surface area (Å²) in [6.07, 6.45) is 0. The van der Waals surface area contributed by atoms with Gasteiger partial charge in [-0.25, -0.2) is 0 Å². The van der Waals surface area contributed by atoms with Crippen LogP contribution in [0.15, 0.2) is 18.2 Å². The van der Waals surface area contributed by atoms with Crippen molar-refractivity contribution in [2.75, 3.05) is 37.3 Å². The van der Waals surface area contributed by atoms with Crippen LogP contribution in [0, 0.1) is 0 Å². The summed E-state index contributed by atoms with van der Waals surface area (Å²) in [5, 5.41) is 6.42. The normalized spacial score (nSPS) is 17.1. The van der Waals surface area contributed by atoms with Crippen LogP contribution in [-0.2, 0) is 9.53 Å². The van der Waals surface area contributed by atoms with Gasteiger partial charge in [-0.3, -0.25) is 10.1 Å². The Labute approximate surface area is 139 Å². The molecule has 0 saturated carbocycles. The summed E-state index contributed by atoms with van der Waals surface area (Å²) in [5.74, 6) is 2.14. The second-order valence-electron chi connectivity index (χ2n) is 4.25. The Hall–Kier alpha value is -0.660. The summed E-state index contributed by atoms with van der Waals surface area (Å²) in [7, 11) is 1.61. The molecule has 2 rings (SSSR count). The molecule has 1 atom stereocenters. The molecule has 0 aromatic heterocycles. The highest BCUT2D eigenvalue weighted by molar-refractivity contribution is 7.99. The smallest absolute Gasteiger partial charge is 0.242 e. The number of thioether (sulfide) groups is 1. The molecule has 1 aromatic carbocycles. The molecule has 21 heavy (non-hydrogen) atoms. The number of hydrogen-bond acceptors (Lipinski definition) is 5. The lowest BCUT2D eigenvalue weighted by atomic mass is 10.2. The molecule has 1 fully saturated rings. The summed E-state index contributed by atoms with van der Waals surface area (Å²) >= 11 is 7.82. The molecule has 1 unspecified atom stereocenters. The largest absolute Gasteiger partial charge is 0.490 e. The highest BCUT2D eigenvalue weighted by atomic mass is 35.5. The van der Waals surface area contributed by atoms with Crippen LogP contribution in [0.3, 0.4) is 0 Å². The quantitative estimate of drug-likeness (QED) is 0.769. The van der Waals surface area contributed by atoms with Gasteiger partial charge in [-0.2, -0.15) is 0 Å². The summed E-state index contributed by atoms with van der Waals surface area (Å²) in [6, 6.07) is 5.05. The fourth-order valence-corrected chi connectivity index (χ4v) is 2.90. The SMILES string of the molecule is COCCOc1ccc(NC(=O)C2CSCN2)cc1Cl.Cl. The Balaban J connectivity index is 0.00000220. The Morgan fingerprint density at radius 2 is 2.33 bits per heavy atom. The van der Waals surface area contributed by atoms with E-state index < -0.39 is 0 Å². The first kappa shape index (κ1) is 18.4. The average Bonchev–Trinajstić information content (AvgIpc) is 2.95. The number of halogens is 2. The predicted octanol–water partition coefficient (Wildman–Crippen LogP) is 2.39. The van der Waals surface area contributed by atoms with Gasteiger partial charge < -0.3 is 14.8 Å². The summed E-state index contributed by atoms with van der Waals surface area (Å²) in [5.41, 5.74) is 0.665. The van der Waals surface area contributed by atoms with Crippen molar-refractivity contribution in [3.05, 3.63) is 23.2 Å². The Bertz CT molecular complexity index is 471. The molecule has 2 N–H and O–H groups in total. The van der Waals surface area contributed by atoms with Crippen molar-refractivity contribution in [3.8, 4) is 5.75 Å². The lowest BCUT2D eigenvalue weighted by Crippen LogP contribution is -2.37. The molecule has 1 aromatic rings. The summed E-state index contributed by atoms with van der Waals surface area (Å²) in [6.45, 7) is 0.935. The maximum atomic E-state index is 11.9. The third kappa shape index (κ3) is 5.56. The number of benzene rings is 1. The van der Waals surface area contributed by atoms with Crippen molar-refractivity contribution in [1.29, 1.82) is 0 Å². The van der Waals surface area contributed by atoms with E-state index in [9.17, 15) is 4.79 Å². The van der Waals surface area contributed by atoms with E-state index in [2.05, 4.69) is 10.6 Å². The van der Waals surface area contributed by atoms with Gasteiger partial charge in [-0.1, -0.05) is 11.6 Å². The van der Waals surface area contributed by atoms with Crippen LogP contribution >= 0.6 is 35.8 Å². The number of carbonyl (C=O) groups excluding carboxylic acids is 1. The molecule has 118 valence electrons. The Morgan fingerprint density at radius 3 is 2.95 bits per heavy atom. The molecular formula is C13H18Cl2N2O3S. The van der Waals surface area contributed by atoms with Gasteiger partial charge in [0.15, 0.2) is 0 Å². The molecule has 5 nitrogen and oxygen atoms in total. The summed E-state index contributed by atoms with van der Waals surface area (Å²) in [4.78, 5) is 11.9. The third-order valence-corrected chi connectivity index (χ3v) is 4.01. The molecule has 1 amide bonds. The maximum Gasteiger partial charge on any atom is 0.242 e. The zero-order valence-electron chi connectivity index (χ0n) is 11.6. The van der Waals surface area contributed by atoms with Crippen molar-refractivity contribution in [2.45, 2.75) is 6.04 Å². The number of methoxy groups -OCH3 is 1. The molecule has 0 aliphatic carbocycles. The minimum atomic E-state index is -0.142. The maximum absolute atomic E-state index is 11.9. The van der Waals surface area contributed by atoms with Gasteiger partial charge in [0.05, 0.1) is 17.7 Å². The topological polar surface area (TPSA) is 59.6 Å². The van der Waals surface area contributed by atoms with E-state index >= 15 is 0 Å². The number of nitrogens with one attached hydrogen (secondary N) is 2. The Morgan fingerprint density at radius 1 is 1.52 bits per heavy atom. The molecule has 0 bridgehead atoms. The lowest BCUT2D eigenvalue weighted by Gasteiger charge is -2.12. The first-order valence-corrected chi connectivity index (χ1v) is 7.77. The number of anilines is 1. The highest BCUT2D eigenvalue weighted by Crippen LogP contribution is 2.27. The standard InChI is InChI=1S/C13H17ClN2O3S.ClH/c1-18-4-5-19-12-3-2-9(6-10(12)14)16-13(17)11-7-20-8-15-11;/h2-3,6,11,15H,4-5,7-8H2,1H3,(H,16,17);1H. The third-order valence-electron chi connectivity index (χ3n) is 2.78. The van der Waals surface area contributed by atoms with Crippen molar-refractivity contribution in [2.24, 2.45) is 0 Å². The first-order chi connectivity index (χ1) is 9.70. The minimum Gasteiger partial charge on any atom is -0.490 e. The minimum absolute atomic E-state index is 0. The highest BCUT2D eigenvalue weighted by Gasteiger charge is 2.22. The zero-order valence-corrected chi connectivity index (χ0v) is 13.9. The van der Waals surface area contributed by atoms with E-state index in [1.165, 1.54) is 0 Å². The fourth-order valence-electron chi connectivity index (χ4n) is 1.72. The van der Waals surface area contributed by atoms with Crippen molar-refractivity contribution in [3.63, 3.8) is 0 Å². The van der Waals surface area contributed by atoms with E-state index in [1.54, 1.807) is 37.1 Å². The second-order valence-corrected chi connectivity index (χ2v) is 5.69. The van der Waals surface area contributed by atoms with Gasteiger partial charge in [0, 0.05) is 24.4 Å². The summed E-state index contributed by atoms with van der Waals surface area (Å²) < 4.78 is 10.4. The molecule has 1 aliphatic heterocycles. The van der Waals surface area contributed by atoms with E-state index in [0.717, 1.165) is 11.6 Å². The average molecular weight is 353 g/mol. The van der Waals surface area contributed by atoms with Gasteiger partial charge in [0.1, 0.15) is 12.4 Å². The van der Waals surface area contributed by atoms with E-state index in [-0.39, 0.29) is 24.4 Å². The van der Waals surface area contributed by atoms with Crippen LogP contribution in [0.4, 0.5) is 5.69 Å². The predicted molar refractivity (Wildman–Crippen MR) is 88.9 cm³/mol. The van der Waals surface area contributed by atoms with Crippen LogP contribution in [0.5, 0.6) is 5.75 Å². The molecule has 1 aliphatic rings. The van der Waals surface area contributed by atoms with Gasteiger partial charge in [0.25, 0.3) is 0 Å². The van der Waals surface area contributed by atoms with Crippen LogP contribution < -0.4 is 15.4 Å². The van der Waals surface area contributed by atoms with Crippen molar-refractivity contribution < 1.29 is 14.3 Å². The lowest BCUT2D eigenvalue weighted by molar-refractivity contribution is -0.117. The molecular weight excluding hydrogens is 335 g/mol. The van der Waals surface area contributed by atoms with E-state index in [1.807, 2.05) is 0 Å². The molecule has 1 heterocycles. The van der Waals surface area contributed by atoms with Crippen molar-refractivity contribution in [1.82, 2.24) is 5.32 Å². The second kappa shape index (κ2) is 9.38. The fraction of sp³-hybridized carbons (Fsp3) is 0.462. The Kier molecular flexibility index (Phi) is 8.21. The number of hydrogen-bond donors (Lipinski definition) is 2. The first-order valence-electron chi connectivity index (χ1n) is 6.24. The van der Waals surface area contributed by atoms with E-state index in [4.69, 9.17) is 21.1 Å². The zero-order chi connectivity index (χ0) is 14.4. The number of carbonyl (C=O) groups is 1. The van der Waals surface area contributed by atoms with Crippen molar-refractivity contribution >= 4 is 47.4 Å². The molecule has 1 saturated heterocycles. The molecule has 0 radical (unpaired) electrons. The number of ether oxygens (including phenoxy) is 2. The van der Waals surface area contributed by atoms with Crippen LogP contribution in [-0.4, -0.2) is 43.9 Å². The van der Waals surface area contributed by atoms with Gasteiger partial charge >= 0.3 is 0 Å². The molecule has 0 spiro atoms. The van der Waals surface area contributed by atoms with Crippen LogP contribution in [0.2, 0.25) is 5.02 Å². The van der Waals surface area contributed by atoms with Gasteiger partial charge in [-0.05, 0) is 18.2 Å². The van der Waals surface area contributed by atoms with Gasteiger partial charge in [-0.15, -0.1) is 24.2 Å². The van der Waals surface area contributed by atoms with Gasteiger partial charge in [0.2, 0.25) is 5.91 Å². The van der Waals surface area contributed by atoms with E-state index in [0.29, 0.717) is 29.7 Å². The number of rotatable bonds is 6. The van der Waals surface area contributed by atoms with Crippen LogP contribution in [0.25, 0.3) is 0 Å². The monoisotopic (exact) mass is 352 g/mol. The molecule has 8 heteroatoms. The van der Waals surface area contributed by atoms with Crippen LogP contribution in [0.1, 0.15) is 0 Å². The number of amides is 1.